The summed E-state index contributed by atoms with van der Waals surface area (Å²) in [4.78, 5) is 34.5. The van der Waals surface area contributed by atoms with Crippen LogP contribution in [-0.2, 0) is 23.9 Å². The highest BCUT2D eigenvalue weighted by Crippen LogP contribution is 2.56. The molecule has 4 unspecified atom stereocenters. The summed E-state index contributed by atoms with van der Waals surface area (Å²) >= 11 is 0. The fraction of sp³-hybridized carbons (Fsp3) is 0.750. The number of hydrogen-bond acceptors (Lipinski definition) is 5. The summed E-state index contributed by atoms with van der Waals surface area (Å²) in [6, 6.07) is 0. The second kappa shape index (κ2) is 3.31. The van der Waals surface area contributed by atoms with E-state index < -0.39 is 11.9 Å². The molecule has 1 saturated carbocycles. The van der Waals surface area contributed by atoms with Crippen LogP contribution in [0.15, 0.2) is 0 Å². The van der Waals surface area contributed by atoms with E-state index in [1.165, 1.54) is 0 Å². The summed E-state index contributed by atoms with van der Waals surface area (Å²) in [6.45, 7) is 1.81. The molecule has 0 aromatic rings. The van der Waals surface area contributed by atoms with Crippen LogP contribution in [0.4, 0.5) is 0 Å². The molecule has 2 heterocycles. The van der Waals surface area contributed by atoms with Gasteiger partial charge in [0.1, 0.15) is 6.10 Å². The highest BCUT2D eigenvalue weighted by atomic mass is 16.6. The lowest BCUT2D eigenvalue weighted by atomic mass is 9.69. The molecule has 3 rings (SSSR count). The molecule has 3 aliphatic rings. The van der Waals surface area contributed by atoms with Crippen LogP contribution in [0, 0.1) is 17.3 Å². The van der Waals surface area contributed by atoms with E-state index in [-0.39, 0.29) is 29.3 Å². The maximum absolute atomic E-state index is 11.8. The lowest BCUT2D eigenvalue weighted by Gasteiger charge is -2.41. The first kappa shape index (κ1) is 10.7. The average Bonchev–Trinajstić information content (AvgIpc) is 2.60. The largest absolute Gasteiger partial charge is 0.462 e. The standard InChI is InChI=1S/C12H14O5/c1-6-12(3-2-9(13)16-6)5-7-4-8(12)11(15)17-10(7)14/h6-8H,2-5H2,1H3. The topological polar surface area (TPSA) is 69.7 Å². The third kappa shape index (κ3) is 1.34. The third-order valence-corrected chi connectivity index (χ3v) is 4.57. The Bertz CT molecular complexity index is 415. The highest BCUT2D eigenvalue weighted by molar-refractivity contribution is 5.93. The van der Waals surface area contributed by atoms with E-state index in [1.807, 2.05) is 6.92 Å². The van der Waals surface area contributed by atoms with E-state index in [0.717, 1.165) is 0 Å². The van der Waals surface area contributed by atoms with Crippen molar-refractivity contribution in [3.05, 3.63) is 0 Å². The maximum atomic E-state index is 11.8. The van der Waals surface area contributed by atoms with Gasteiger partial charge in [-0.2, -0.15) is 0 Å². The Morgan fingerprint density at radius 2 is 2.00 bits per heavy atom. The summed E-state index contributed by atoms with van der Waals surface area (Å²) in [6.07, 6.45) is 1.80. The molecule has 0 aromatic carbocycles. The number of esters is 3. The van der Waals surface area contributed by atoms with Gasteiger partial charge in [-0.25, -0.2) is 0 Å². The van der Waals surface area contributed by atoms with Gasteiger partial charge in [-0.05, 0) is 26.2 Å². The zero-order chi connectivity index (χ0) is 12.2. The number of fused-ring (bicyclic) bond motifs is 3. The smallest absolute Gasteiger partial charge is 0.317 e. The molecule has 0 N–H and O–H groups in total. The van der Waals surface area contributed by atoms with Crippen LogP contribution >= 0.6 is 0 Å². The monoisotopic (exact) mass is 238 g/mol. The molecule has 4 atom stereocenters. The minimum atomic E-state index is -0.437. The van der Waals surface area contributed by atoms with Gasteiger partial charge in [-0.15, -0.1) is 0 Å². The van der Waals surface area contributed by atoms with Crippen LogP contribution in [0.1, 0.15) is 32.6 Å². The fourth-order valence-corrected chi connectivity index (χ4v) is 3.60. The van der Waals surface area contributed by atoms with Crippen LogP contribution < -0.4 is 0 Å². The van der Waals surface area contributed by atoms with Crippen molar-refractivity contribution in [1.29, 1.82) is 0 Å². The molecule has 2 bridgehead atoms. The zero-order valence-electron chi connectivity index (χ0n) is 9.60. The molecule has 0 aromatic heterocycles. The van der Waals surface area contributed by atoms with Crippen molar-refractivity contribution in [2.45, 2.75) is 38.7 Å². The van der Waals surface area contributed by atoms with Crippen molar-refractivity contribution >= 4 is 17.9 Å². The van der Waals surface area contributed by atoms with Crippen molar-refractivity contribution in [3.8, 4) is 0 Å². The van der Waals surface area contributed by atoms with Crippen LogP contribution in [0.25, 0.3) is 0 Å². The van der Waals surface area contributed by atoms with Gasteiger partial charge in [0, 0.05) is 11.8 Å². The number of cyclic esters (lactones) is 3. The number of hydrogen-bond donors (Lipinski definition) is 0. The zero-order valence-corrected chi connectivity index (χ0v) is 9.60. The molecule has 0 radical (unpaired) electrons. The van der Waals surface area contributed by atoms with Crippen LogP contribution in [0.3, 0.4) is 0 Å². The third-order valence-electron chi connectivity index (χ3n) is 4.57. The van der Waals surface area contributed by atoms with E-state index in [4.69, 9.17) is 9.47 Å². The minimum absolute atomic E-state index is 0.197. The Kier molecular flexibility index (Phi) is 2.09. The van der Waals surface area contributed by atoms with E-state index >= 15 is 0 Å². The highest BCUT2D eigenvalue weighted by Gasteiger charge is 2.61. The maximum Gasteiger partial charge on any atom is 0.317 e. The number of carbonyl (C=O) groups is 3. The minimum Gasteiger partial charge on any atom is -0.462 e. The molecule has 17 heavy (non-hydrogen) atoms. The van der Waals surface area contributed by atoms with Crippen molar-refractivity contribution in [1.82, 2.24) is 0 Å². The lowest BCUT2D eigenvalue weighted by molar-refractivity contribution is -0.179. The molecular weight excluding hydrogens is 224 g/mol. The Hall–Kier alpha value is -1.39. The first-order chi connectivity index (χ1) is 8.03. The van der Waals surface area contributed by atoms with Crippen LogP contribution in [0.2, 0.25) is 0 Å². The number of rotatable bonds is 0. The second-order valence-electron chi connectivity index (χ2n) is 5.29. The van der Waals surface area contributed by atoms with Gasteiger partial charge < -0.3 is 9.47 Å². The predicted molar refractivity (Wildman–Crippen MR) is 54.5 cm³/mol. The first-order valence-electron chi connectivity index (χ1n) is 5.98. The quantitative estimate of drug-likeness (QED) is 0.461. The van der Waals surface area contributed by atoms with Crippen molar-refractivity contribution in [2.24, 2.45) is 17.3 Å². The van der Waals surface area contributed by atoms with Crippen molar-refractivity contribution in [3.63, 3.8) is 0 Å². The van der Waals surface area contributed by atoms with E-state index in [9.17, 15) is 14.4 Å². The van der Waals surface area contributed by atoms with Crippen molar-refractivity contribution in [2.75, 3.05) is 0 Å². The molecular formula is C12H14O5. The molecule has 5 nitrogen and oxygen atoms in total. The Balaban J connectivity index is 1.95. The van der Waals surface area contributed by atoms with Gasteiger partial charge in [0.15, 0.2) is 0 Å². The summed E-state index contributed by atoms with van der Waals surface area (Å²) in [7, 11) is 0. The van der Waals surface area contributed by atoms with Gasteiger partial charge in [-0.1, -0.05) is 0 Å². The molecule has 0 amide bonds. The molecule has 2 saturated heterocycles. The first-order valence-corrected chi connectivity index (χ1v) is 5.98. The van der Waals surface area contributed by atoms with E-state index in [1.54, 1.807) is 0 Å². The molecule has 1 spiro atoms. The average molecular weight is 238 g/mol. The van der Waals surface area contributed by atoms with Crippen LogP contribution in [0.5, 0.6) is 0 Å². The van der Waals surface area contributed by atoms with E-state index in [0.29, 0.717) is 25.7 Å². The summed E-state index contributed by atoms with van der Waals surface area (Å²) < 4.78 is 10.0. The SMILES string of the molecule is CC1OC(=O)CCC12CC1CC2C(=O)OC1=O. The second-order valence-corrected chi connectivity index (χ2v) is 5.29. The predicted octanol–water partition coefficient (Wildman–Crippen LogP) is 0.808. The fourth-order valence-electron chi connectivity index (χ4n) is 3.60. The van der Waals surface area contributed by atoms with Gasteiger partial charge in [0.25, 0.3) is 0 Å². The molecule has 2 aliphatic heterocycles. The molecule has 92 valence electrons. The Labute approximate surface area is 98.4 Å². The lowest BCUT2D eigenvalue weighted by Crippen LogP contribution is -2.46. The van der Waals surface area contributed by atoms with Gasteiger partial charge >= 0.3 is 17.9 Å². The van der Waals surface area contributed by atoms with Gasteiger partial charge in [0.2, 0.25) is 0 Å². The van der Waals surface area contributed by atoms with Crippen LogP contribution in [-0.4, -0.2) is 24.0 Å². The normalized spacial score (nSPS) is 44.8. The van der Waals surface area contributed by atoms with Gasteiger partial charge in [-0.3, -0.25) is 14.4 Å². The number of ether oxygens (including phenoxy) is 2. The van der Waals surface area contributed by atoms with Gasteiger partial charge in [0.05, 0.1) is 11.8 Å². The summed E-state index contributed by atoms with van der Waals surface area (Å²) in [5, 5.41) is 0. The Morgan fingerprint density at radius 1 is 1.24 bits per heavy atom. The van der Waals surface area contributed by atoms with E-state index in [2.05, 4.69) is 0 Å². The Morgan fingerprint density at radius 3 is 2.71 bits per heavy atom. The summed E-state index contributed by atoms with van der Waals surface area (Å²) in [5.74, 6) is -1.55. The molecule has 3 fully saturated rings. The molecule has 5 heteroatoms. The van der Waals surface area contributed by atoms with Crippen molar-refractivity contribution < 1.29 is 23.9 Å². The summed E-state index contributed by atoms with van der Waals surface area (Å²) in [5.41, 5.74) is -0.373. The molecule has 1 aliphatic carbocycles. The number of carbonyl (C=O) groups excluding carboxylic acids is 3.